The molecule has 2 aromatic rings. The minimum Gasteiger partial charge on any atom is -0.375 e. The summed E-state index contributed by atoms with van der Waals surface area (Å²) in [5.74, 6) is 0.536. The molecule has 3 N–H and O–H groups in total. The standard InChI is InChI=1S/C13H13Cl2N3OS2/c1-7-12(21-13(16)17-7)20-5-4-11(19)18-10-6-8(14)2-3-9(10)15/h2-3,6H,4-5H2,1H3,(H2,16,17)(H,18,19). The smallest absolute Gasteiger partial charge is 0.225 e. The molecule has 8 heteroatoms. The van der Waals surface area contributed by atoms with Crippen LogP contribution in [0.1, 0.15) is 12.1 Å². The molecule has 2 rings (SSSR count). The molecule has 112 valence electrons. The lowest BCUT2D eigenvalue weighted by Gasteiger charge is -2.07. The molecule has 0 aliphatic rings. The Labute approximate surface area is 141 Å². The SMILES string of the molecule is Cc1nc(N)sc1SCCC(=O)Nc1cc(Cl)ccc1Cl. The van der Waals surface area contributed by atoms with Crippen LogP contribution in [0.15, 0.2) is 22.4 Å². The number of thiazole rings is 1. The monoisotopic (exact) mass is 361 g/mol. The number of hydrogen-bond acceptors (Lipinski definition) is 5. The van der Waals surface area contributed by atoms with E-state index in [0.717, 1.165) is 9.90 Å². The van der Waals surface area contributed by atoms with Gasteiger partial charge >= 0.3 is 0 Å². The maximum Gasteiger partial charge on any atom is 0.225 e. The van der Waals surface area contributed by atoms with E-state index in [-0.39, 0.29) is 5.91 Å². The van der Waals surface area contributed by atoms with Gasteiger partial charge in [0.15, 0.2) is 5.13 Å². The molecule has 0 radical (unpaired) electrons. The fraction of sp³-hybridized carbons (Fsp3) is 0.231. The predicted molar refractivity (Wildman–Crippen MR) is 91.7 cm³/mol. The topological polar surface area (TPSA) is 68.0 Å². The van der Waals surface area contributed by atoms with Crippen LogP contribution < -0.4 is 11.1 Å². The number of carbonyl (C=O) groups excluding carboxylic acids is 1. The minimum atomic E-state index is -0.109. The molecule has 1 aromatic carbocycles. The Bertz CT molecular complexity index is 661. The van der Waals surface area contributed by atoms with Gasteiger partial charge in [0, 0.05) is 17.2 Å². The van der Waals surface area contributed by atoms with Crippen LogP contribution in [0.25, 0.3) is 0 Å². The van der Waals surface area contributed by atoms with Crippen molar-refractivity contribution in [2.24, 2.45) is 0 Å². The summed E-state index contributed by atoms with van der Waals surface area (Å²) in [6, 6.07) is 4.95. The van der Waals surface area contributed by atoms with Crippen LogP contribution >= 0.6 is 46.3 Å². The lowest BCUT2D eigenvalue weighted by molar-refractivity contribution is -0.115. The number of rotatable bonds is 5. The van der Waals surface area contributed by atoms with Crippen molar-refractivity contribution < 1.29 is 4.79 Å². The molecule has 1 aromatic heterocycles. The summed E-state index contributed by atoms with van der Waals surface area (Å²) in [6.45, 7) is 1.90. The van der Waals surface area contributed by atoms with Crippen molar-refractivity contribution in [2.75, 3.05) is 16.8 Å². The van der Waals surface area contributed by atoms with Gasteiger partial charge in [-0.1, -0.05) is 34.5 Å². The van der Waals surface area contributed by atoms with E-state index in [0.29, 0.717) is 33.0 Å². The molecule has 1 heterocycles. The molecule has 0 saturated heterocycles. The Kier molecular flexibility index (Phi) is 5.75. The van der Waals surface area contributed by atoms with Gasteiger partial charge < -0.3 is 11.1 Å². The zero-order chi connectivity index (χ0) is 15.4. The van der Waals surface area contributed by atoms with Crippen molar-refractivity contribution in [3.63, 3.8) is 0 Å². The summed E-state index contributed by atoms with van der Waals surface area (Å²) in [6.07, 6.45) is 0.366. The maximum absolute atomic E-state index is 11.9. The van der Waals surface area contributed by atoms with Crippen molar-refractivity contribution in [3.8, 4) is 0 Å². The lowest BCUT2D eigenvalue weighted by Crippen LogP contribution is -2.12. The summed E-state index contributed by atoms with van der Waals surface area (Å²) >= 11 is 14.9. The number of aryl methyl sites for hydroxylation is 1. The van der Waals surface area contributed by atoms with Crippen molar-refractivity contribution >= 4 is 63.0 Å². The van der Waals surface area contributed by atoms with Gasteiger partial charge in [0.1, 0.15) is 0 Å². The molecule has 0 bridgehead atoms. The number of nitrogens with one attached hydrogen (secondary N) is 1. The van der Waals surface area contributed by atoms with Gasteiger partial charge in [-0.05, 0) is 25.1 Å². The first-order chi connectivity index (χ1) is 9.95. The summed E-state index contributed by atoms with van der Waals surface area (Å²) in [7, 11) is 0. The third-order valence-corrected chi connectivity index (χ3v) is 5.45. The number of nitrogens with two attached hydrogens (primary N) is 1. The van der Waals surface area contributed by atoms with Crippen LogP contribution in [0.2, 0.25) is 10.0 Å². The average Bonchev–Trinajstić information content (AvgIpc) is 2.72. The molecule has 0 aliphatic carbocycles. The second kappa shape index (κ2) is 7.35. The Balaban J connectivity index is 1.85. The highest BCUT2D eigenvalue weighted by molar-refractivity contribution is 8.01. The molecule has 0 spiro atoms. The number of anilines is 2. The first-order valence-electron chi connectivity index (χ1n) is 6.06. The molecule has 4 nitrogen and oxygen atoms in total. The van der Waals surface area contributed by atoms with Crippen molar-refractivity contribution in [1.29, 1.82) is 0 Å². The number of aromatic nitrogens is 1. The van der Waals surface area contributed by atoms with Crippen LogP contribution in [0.4, 0.5) is 10.8 Å². The van der Waals surface area contributed by atoms with Crippen LogP contribution in [0.3, 0.4) is 0 Å². The third-order valence-electron chi connectivity index (χ3n) is 2.54. The predicted octanol–water partition coefficient (Wildman–Crippen LogP) is 4.46. The maximum atomic E-state index is 11.9. The van der Waals surface area contributed by atoms with Gasteiger partial charge in [-0.15, -0.1) is 11.8 Å². The first-order valence-corrected chi connectivity index (χ1v) is 8.62. The largest absolute Gasteiger partial charge is 0.375 e. The molecule has 0 fully saturated rings. The highest BCUT2D eigenvalue weighted by Gasteiger charge is 2.09. The van der Waals surface area contributed by atoms with E-state index in [1.807, 2.05) is 6.92 Å². The number of carbonyl (C=O) groups is 1. The van der Waals surface area contributed by atoms with E-state index >= 15 is 0 Å². The molecule has 21 heavy (non-hydrogen) atoms. The number of thioether (sulfide) groups is 1. The van der Waals surface area contributed by atoms with Crippen LogP contribution in [-0.2, 0) is 4.79 Å². The molecule has 0 saturated carbocycles. The van der Waals surface area contributed by atoms with Gasteiger partial charge in [-0.2, -0.15) is 0 Å². The summed E-state index contributed by atoms with van der Waals surface area (Å²) in [5.41, 5.74) is 7.06. The van der Waals surface area contributed by atoms with Gasteiger partial charge in [-0.25, -0.2) is 4.98 Å². The zero-order valence-corrected chi connectivity index (χ0v) is 14.3. The van der Waals surface area contributed by atoms with E-state index in [4.69, 9.17) is 28.9 Å². The van der Waals surface area contributed by atoms with Crippen molar-refractivity contribution in [2.45, 2.75) is 17.6 Å². The molecule has 1 amide bonds. The number of amides is 1. The number of hydrogen-bond donors (Lipinski definition) is 2. The van der Waals surface area contributed by atoms with E-state index in [9.17, 15) is 4.79 Å². The first kappa shape index (κ1) is 16.4. The summed E-state index contributed by atoms with van der Waals surface area (Å²) in [5, 5.41) is 4.29. The molecular weight excluding hydrogens is 349 g/mol. The molecule has 0 unspecified atom stereocenters. The highest BCUT2D eigenvalue weighted by atomic mass is 35.5. The Hall–Kier alpha value is -0.950. The van der Waals surface area contributed by atoms with Crippen LogP contribution in [0.5, 0.6) is 0 Å². The summed E-state index contributed by atoms with van der Waals surface area (Å²) in [4.78, 5) is 16.0. The number of halogens is 2. The molecule has 0 aliphatic heterocycles. The quantitative estimate of drug-likeness (QED) is 0.771. The van der Waals surface area contributed by atoms with Gasteiger partial charge in [-0.3, -0.25) is 4.79 Å². The number of nitrogen functional groups attached to an aromatic ring is 1. The minimum absolute atomic E-state index is 0.109. The fourth-order valence-corrected chi connectivity index (χ4v) is 3.95. The Morgan fingerprint density at radius 1 is 1.48 bits per heavy atom. The normalized spacial score (nSPS) is 10.6. The van der Waals surface area contributed by atoms with E-state index in [1.165, 1.54) is 11.3 Å². The third kappa shape index (κ3) is 4.78. The Morgan fingerprint density at radius 3 is 2.90 bits per heavy atom. The van der Waals surface area contributed by atoms with Crippen molar-refractivity contribution in [3.05, 3.63) is 33.9 Å². The van der Waals surface area contributed by atoms with Gasteiger partial charge in [0.2, 0.25) is 5.91 Å². The van der Waals surface area contributed by atoms with E-state index in [1.54, 1.807) is 30.0 Å². The fourth-order valence-electron chi connectivity index (χ4n) is 1.58. The lowest BCUT2D eigenvalue weighted by atomic mass is 10.3. The van der Waals surface area contributed by atoms with Gasteiger partial charge in [0.05, 0.1) is 20.6 Å². The summed E-state index contributed by atoms with van der Waals surface area (Å²) < 4.78 is 1.04. The second-order valence-corrected chi connectivity index (χ2v) is 7.43. The average molecular weight is 362 g/mol. The van der Waals surface area contributed by atoms with Gasteiger partial charge in [0.25, 0.3) is 0 Å². The van der Waals surface area contributed by atoms with Crippen LogP contribution in [0, 0.1) is 6.92 Å². The number of nitrogens with zero attached hydrogens (tertiary/aromatic N) is 1. The van der Waals surface area contributed by atoms with Crippen LogP contribution in [-0.4, -0.2) is 16.6 Å². The molecule has 0 atom stereocenters. The van der Waals surface area contributed by atoms with E-state index < -0.39 is 0 Å². The highest BCUT2D eigenvalue weighted by Crippen LogP contribution is 2.31. The Morgan fingerprint density at radius 2 is 2.24 bits per heavy atom. The second-order valence-electron chi connectivity index (χ2n) is 4.20. The molecular formula is C13H13Cl2N3OS2. The van der Waals surface area contributed by atoms with Crippen molar-refractivity contribution in [1.82, 2.24) is 4.98 Å². The zero-order valence-electron chi connectivity index (χ0n) is 11.2. The number of benzene rings is 1. The van der Waals surface area contributed by atoms with E-state index in [2.05, 4.69) is 10.3 Å².